The van der Waals surface area contributed by atoms with Crippen molar-refractivity contribution in [2.75, 3.05) is 12.3 Å². The summed E-state index contributed by atoms with van der Waals surface area (Å²) in [5.74, 6) is -0.478. The van der Waals surface area contributed by atoms with E-state index >= 15 is 0 Å². The van der Waals surface area contributed by atoms with Gasteiger partial charge in [-0.05, 0) is 31.5 Å². The smallest absolute Gasteiger partial charge is 0.359 e. The molecule has 2 aromatic rings. The van der Waals surface area contributed by atoms with Gasteiger partial charge in [0.1, 0.15) is 0 Å². The second kappa shape index (κ2) is 4.41. The van der Waals surface area contributed by atoms with Crippen molar-refractivity contribution < 1.29 is 9.53 Å². The fourth-order valence-electron chi connectivity index (χ4n) is 1.72. The number of anilines is 1. The molecular weight excluding hydrogens is 216 g/mol. The van der Waals surface area contributed by atoms with Crippen molar-refractivity contribution >= 4 is 22.6 Å². The first-order valence-electron chi connectivity index (χ1n) is 5.46. The summed E-state index contributed by atoms with van der Waals surface area (Å²) in [5.41, 5.74) is 8.19. The number of nitrogen functional groups attached to an aromatic ring is 1. The molecule has 1 heterocycles. The standard InChI is InChI=1S/C13H14N2O2/c1-3-17-13(16)12-10(14)7-9-8(2)5-4-6-11(9)15-12/h4-7H,3,14H2,1-2H3. The van der Waals surface area contributed by atoms with Crippen LogP contribution in [0.25, 0.3) is 10.9 Å². The van der Waals surface area contributed by atoms with Crippen LogP contribution >= 0.6 is 0 Å². The lowest BCUT2D eigenvalue weighted by Crippen LogP contribution is -2.10. The highest BCUT2D eigenvalue weighted by atomic mass is 16.5. The number of nitrogens with two attached hydrogens (primary N) is 1. The van der Waals surface area contributed by atoms with Gasteiger partial charge in [0.05, 0.1) is 17.8 Å². The Balaban J connectivity index is 2.60. The lowest BCUT2D eigenvalue weighted by molar-refractivity contribution is 0.0521. The molecule has 0 aliphatic carbocycles. The van der Waals surface area contributed by atoms with Gasteiger partial charge in [-0.2, -0.15) is 0 Å². The summed E-state index contributed by atoms with van der Waals surface area (Å²) in [6.07, 6.45) is 0. The Morgan fingerprint density at radius 1 is 1.47 bits per heavy atom. The second-order valence-electron chi connectivity index (χ2n) is 3.79. The minimum Gasteiger partial charge on any atom is -0.461 e. The van der Waals surface area contributed by atoms with Gasteiger partial charge >= 0.3 is 5.97 Å². The third-order valence-electron chi connectivity index (χ3n) is 2.58. The number of nitrogens with zero attached hydrogens (tertiary/aromatic N) is 1. The Hall–Kier alpha value is -2.10. The molecular formula is C13H14N2O2. The van der Waals surface area contributed by atoms with Gasteiger partial charge in [0.25, 0.3) is 0 Å². The molecule has 0 radical (unpaired) electrons. The predicted molar refractivity (Wildman–Crippen MR) is 66.8 cm³/mol. The van der Waals surface area contributed by atoms with Gasteiger partial charge in [-0.3, -0.25) is 0 Å². The first-order valence-corrected chi connectivity index (χ1v) is 5.46. The molecule has 0 saturated carbocycles. The molecule has 0 bridgehead atoms. The van der Waals surface area contributed by atoms with Crippen molar-refractivity contribution in [2.24, 2.45) is 0 Å². The summed E-state index contributed by atoms with van der Waals surface area (Å²) in [7, 11) is 0. The van der Waals surface area contributed by atoms with Gasteiger partial charge in [-0.15, -0.1) is 0 Å². The van der Waals surface area contributed by atoms with E-state index < -0.39 is 5.97 Å². The fraction of sp³-hybridized carbons (Fsp3) is 0.231. The second-order valence-corrected chi connectivity index (χ2v) is 3.79. The third kappa shape index (κ3) is 2.06. The van der Waals surface area contributed by atoms with E-state index in [1.165, 1.54) is 0 Å². The highest BCUT2D eigenvalue weighted by Gasteiger charge is 2.14. The molecule has 0 fully saturated rings. The van der Waals surface area contributed by atoms with E-state index in [0.717, 1.165) is 16.5 Å². The number of esters is 1. The van der Waals surface area contributed by atoms with E-state index in [9.17, 15) is 4.79 Å². The highest BCUT2D eigenvalue weighted by Crippen LogP contribution is 2.22. The number of carbonyl (C=O) groups excluding carboxylic acids is 1. The fourth-order valence-corrected chi connectivity index (χ4v) is 1.72. The van der Waals surface area contributed by atoms with E-state index in [1.807, 2.05) is 25.1 Å². The number of fused-ring (bicyclic) bond motifs is 1. The molecule has 2 rings (SSSR count). The lowest BCUT2D eigenvalue weighted by atomic mass is 10.1. The molecule has 88 valence electrons. The van der Waals surface area contributed by atoms with E-state index in [0.29, 0.717) is 12.3 Å². The topological polar surface area (TPSA) is 65.2 Å². The number of hydrogen-bond donors (Lipinski definition) is 1. The maximum atomic E-state index is 11.6. The van der Waals surface area contributed by atoms with Crippen molar-refractivity contribution in [3.8, 4) is 0 Å². The van der Waals surface area contributed by atoms with E-state index in [1.54, 1.807) is 13.0 Å². The van der Waals surface area contributed by atoms with E-state index in [-0.39, 0.29) is 5.69 Å². The van der Waals surface area contributed by atoms with Gasteiger partial charge in [0, 0.05) is 5.39 Å². The number of rotatable bonds is 2. The Labute approximate surface area is 99.4 Å². The first kappa shape index (κ1) is 11.4. The summed E-state index contributed by atoms with van der Waals surface area (Å²) in [6, 6.07) is 7.50. The summed E-state index contributed by atoms with van der Waals surface area (Å²) in [6.45, 7) is 4.04. The zero-order valence-corrected chi connectivity index (χ0v) is 9.86. The number of carbonyl (C=O) groups is 1. The van der Waals surface area contributed by atoms with Crippen LogP contribution in [0.5, 0.6) is 0 Å². The number of ether oxygens (including phenoxy) is 1. The van der Waals surface area contributed by atoms with Crippen molar-refractivity contribution in [1.82, 2.24) is 4.98 Å². The SMILES string of the molecule is CCOC(=O)c1nc2cccc(C)c2cc1N. The van der Waals surface area contributed by atoms with Gasteiger partial charge in [-0.1, -0.05) is 12.1 Å². The Bertz CT molecular complexity index is 579. The van der Waals surface area contributed by atoms with Crippen molar-refractivity contribution in [1.29, 1.82) is 0 Å². The molecule has 1 aromatic heterocycles. The summed E-state index contributed by atoms with van der Waals surface area (Å²) in [5, 5.41) is 0.957. The number of benzene rings is 1. The van der Waals surface area contributed by atoms with E-state index in [4.69, 9.17) is 10.5 Å². The van der Waals surface area contributed by atoms with Crippen molar-refractivity contribution in [3.63, 3.8) is 0 Å². The molecule has 17 heavy (non-hydrogen) atoms. The van der Waals surface area contributed by atoms with Crippen molar-refractivity contribution in [3.05, 3.63) is 35.5 Å². The van der Waals surface area contributed by atoms with Crippen LogP contribution in [-0.2, 0) is 4.74 Å². The van der Waals surface area contributed by atoms with Crippen LogP contribution in [0.4, 0.5) is 5.69 Å². The summed E-state index contributed by atoms with van der Waals surface area (Å²) >= 11 is 0. The third-order valence-corrected chi connectivity index (χ3v) is 2.58. The maximum Gasteiger partial charge on any atom is 0.359 e. The minimum atomic E-state index is -0.478. The van der Waals surface area contributed by atoms with Crippen molar-refractivity contribution in [2.45, 2.75) is 13.8 Å². The molecule has 0 atom stereocenters. The zero-order chi connectivity index (χ0) is 12.4. The predicted octanol–water partition coefficient (Wildman–Crippen LogP) is 2.30. The van der Waals surface area contributed by atoms with Crippen LogP contribution in [0.1, 0.15) is 23.0 Å². The normalized spacial score (nSPS) is 10.5. The number of aromatic nitrogens is 1. The summed E-state index contributed by atoms with van der Waals surface area (Å²) < 4.78 is 4.91. The summed E-state index contributed by atoms with van der Waals surface area (Å²) in [4.78, 5) is 15.9. The van der Waals surface area contributed by atoms with Crippen LogP contribution in [0.15, 0.2) is 24.3 Å². The molecule has 2 N–H and O–H groups in total. The van der Waals surface area contributed by atoms with Gasteiger partial charge in [0.15, 0.2) is 5.69 Å². The molecule has 4 nitrogen and oxygen atoms in total. The Morgan fingerprint density at radius 2 is 2.24 bits per heavy atom. The average Bonchev–Trinajstić information content (AvgIpc) is 2.30. The number of hydrogen-bond acceptors (Lipinski definition) is 4. The quantitative estimate of drug-likeness (QED) is 0.804. The van der Waals surface area contributed by atoms with E-state index in [2.05, 4.69) is 4.98 Å². The van der Waals surface area contributed by atoms with Crippen LogP contribution in [0.3, 0.4) is 0 Å². The molecule has 0 aliphatic heterocycles. The van der Waals surface area contributed by atoms with Crippen LogP contribution < -0.4 is 5.73 Å². The Kier molecular flexibility index (Phi) is 2.95. The monoisotopic (exact) mass is 230 g/mol. The molecule has 0 aliphatic rings. The lowest BCUT2D eigenvalue weighted by Gasteiger charge is -2.07. The maximum absolute atomic E-state index is 11.6. The molecule has 0 unspecified atom stereocenters. The van der Waals surface area contributed by atoms with Crippen LogP contribution in [0, 0.1) is 6.92 Å². The number of aryl methyl sites for hydroxylation is 1. The molecule has 0 spiro atoms. The Morgan fingerprint density at radius 3 is 2.94 bits per heavy atom. The largest absolute Gasteiger partial charge is 0.461 e. The first-order chi connectivity index (χ1) is 8.13. The molecule has 0 saturated heterocycles. The average molecular weight is 230 g/mol. The highest BCUT2D eigenvalue weighted by molar-refractivity contribution is 5.97. The molecule has 1 aromatic carbocycles. The minimum absolute atomic E-state index is 0.185. The van der Waals surface area contributed by atoms with Gasteiger partial charge in [-0.25, -0.2) is 9.78 Å². The van der Waals surface area contributed by atoms with Gasteiger partial charge in [0.2, 0.25) is 0 Å². The van der Waals surface area contributed by atoms with Crippen LogP contribution in [-0.4, -0.2) is 17.6 Å². The number of pyridine rings is 1. The van der Waals surface area contributed by atoms with Crippen LogP contribution in [0.2, 0.25) is 0 Å². The molecule has 0 amide bonds. The van der Waals surface area contributed by atoms with Gasteiger partial charge < -0.3 is 10.5 Å². The zero-order valence-electron chi connectivity index (χ0n) is 9.86. The molecule has 4 heteroatoms.